The highest BCUT2D eigenvalue weighted by Gasteiger charge is 2.21. The molecule has 102 valence electrons. The van der Waals surface area contributed by atoms with Crippen molar-refractivity contribution in [3.63, 3.8) is 0 Å². The van der Waals surface area contributed by atoms with Crippen molar-refractivity contribution in [2.24, 2.45) is 11.8 Å². The Balaban J connectivity index is 1.89. The zero-order valence-electron chi connectivity index (χ0n) is 12.0. The lowest BCUT2D eigenvalue weighted by Gasteiger charge is -2.20. The van der Waals surface area contributed by atoms with Gasteiger partial charge in [0.1, 0.15) is 5.01 Å². The fourth-order valence-corrected chi connectivity index (χ4v) is 3.89. The van der Waals surface area contributed by atoms with Crippen LogP contribution in [0.25, 0.3) is 0 Å². The van der Waals surface area contributed by atoms with E-state index in [1.165, 1.54) is 42.8 Å². The zero-order valence-corrected chi connectivity index (χ0v) is 12.8. The maximum Gasteiger partial charge on any atom is 0.107 e. The second kappa shape index (κ2) is 6.67. The summed E-state index contributed by atoms with van der Waals surface area (Å²) < 4.78 is 0. The van der Waals surface area contributed by atoms with Crippen LogP contribution in [-0.4, -0.2) is 11.5 Å². The van der Waals surface area contributed by atoms with Crippen molar-refractivity contribution in [2.45, 2.75) is 59.4 Å². The van der Waals surface area contributed by atoms with Crippen LogP contribution in [0.3, 0.4) is 0 Å². The summed E-state index contributed by atoms with van der Waals surface area (Å²) in [5, 5.41) is 4.78. The van der Waals surface area contributed by atoms with Crippen molar-refractivity contribution in [1.29, 1.82) is 0 Å². The zero-order chi connectivity index (χ0) is 13.0. The first kappa shape index (κ1) is 14.0. The molecule has 1 aromatic rings. The average molecular weight is 266 g/mol. The Hall–Kier alpha value is -0.410. The first-order chi connectivity index (χ1) is 8.69. The van der Waals surface area contributed by atoms with Crippen molar-refractivity contribution in [3.05, 3.63) is 15.6 Å². The summed E-state index contributed by atoms with van der Waals surface area (Å²) in [7, 11) is 0. The Morgan fingerprint density at radius 2 is 2.28 bits per heavy atom. The van der Waals surface area contributed by atoms with E-state index < -0.39 is 0 Å². The van der Waals surface area contributed by atoms with Gasteiger partial charge < -0.3 is 5.32 Å². The molecule has 1 aliphatic rings. The van der Waals surface area contributed by atoms with Gasteiger partial charge in [-0.1, -0.05) is 33.6 Å². The third-order valence-electron chi connectivity index (χ3n) is 3.61. The summed E-state index contributed by atoms with van der Waals surface area (Å²) in [6.07, 6.45) is 6.55. The quantitative estimate of drug-likeness (QED) is 0.847. The molecule has 0 aromatic carbocycles. The smallest absolute Gasteiger partial charge is 0.107 e. The van der Waals surface area contributed by atoms with Gasteiger partial charge in [-0.25, -0.2) is 4.98 Å². The van der Waals surface area contributed by atoms with Gasteiger partial charge in [0, 0.05) is 11.4 Å². The Labute approximate surface area is 115 Å². The Kier molecular flexibility index (Phi) is 5.19. The molecule has 18 heavy (non-hydrogen) atoms. The monoisotopic (exact) mass is 266 g/mol. The molecule has 1 heterocycles. The fraction of sp³-hybridized carbons (Fsp3) is 0.800. The van der Waals surface area contributed by atoms with Crippen LogP contribution in [-0.2, 0) is 19.4 Å². The van der Waals surface area contributed by atoms with E-state index in [9.17, 15) is 0 Å². The first-order valence-electron chi connectivity index (χ1n) is 7.37. The standard InChI is InChI=1S/C15H26N2S/c1-4-5-12-6-7-13-14(8-12)18-15(17-13)10-16-9-11(2)3/h11-12,16H,4-10H2,1-3H3. The van der Waals surface area contributed by atoms with Crippen LogP contribution in [0.15, 0.2) is 0 Å². The van der Waals surface area contributed by atoms with Gasteiger partial charge in [-0.2, -0.15) is 0 Å². The average Bonchev–Trinajstić information content (AvgIpc) is 2.71. The van der Waals surface area contributed by atoms with E-state index in [0.717, 1.165) is 19.0 Å². The van der Waals surface area contributed by atoms with Crippen LogP contribution >= 0.6 is 11.3 Å². The summed E-state index contributed by atoms with van der Waals surface area (Å²) in [5.41, 5.74) is 1.40. The normalized spacial score (nSPS) is 19.2. The second-order valence-corrected chi connectivity index (χ2v) is 7.07. The van der Waals surface area contributed by atoms with Crippen molar-refractivity contribution >= 4 is 11.3 Å². The molecular weight excluding hydrogens is 240 g/mol. The highest BCUT2D eigenvalue weighted by atomic mass is 32.1. The lowest BCUT2D eigenvalue weighted by Crippen LogP contribution is -2.18. The molecule has 0 aliphatic heterocycles. The summed E-state index contributed by atoms with van der Waals surface area (Å²) >= 11 is 1.94. The number of hydrogen-bond donors (Lipinski definition) is 1. The van der Waals surface area contributed by atoms with Crippen LogP contribution in [0, 0.1) is 11.8 Å². The predicted molar refractivity (Wildman–Crippen MR) is 79.1 cm³/mol. The number of hydrogen-bond acceptors (Lipinski definition) is 3. The van der Waals surface area contributed by atoms with Gasteiger partial charge in [0.15, 0.2) is 0 Å². The minimum atomic E-state index is 0.716. The van der Waals surface area contributed by atoms with Crippen LogP contribution in [0.1, 0.15) is 55.6 Å². The number of rotatable bonds is 6. The minimum Gasteiger partial charge on any atom is -0.310 e. The Morgan fingerprint density at radius 1 is 1.44 bits per heavy atom. The van der Waals surface area contributed by atoms with E-state index in [1.807, 2.05) is 11.3 Å². The second-order valence-electron chi connectivity index (χ2n) is 5.90. The number of nitrogens with one attached hydrogen (secondary N) is 1. The molecule has 0 amide bonds. The third-order valence-corrected chi connectivity index (χ3v) is 4.73. The molecule has 0 saturated carbocycles. The lowest BCUT2D eigenvalue weighted by molar-refractivity contribution is 0.423. The van der Waals surface area contributed by atoms with Crippen molar-refractivity contribution in [3.8, 4) is 0 Å². The molecular formula is C15H26N2S. The van der Waals surface area contributed by atoms with Crippen LogP contribution in [0.2, 0.25) is 0 Å². The van der Waals surface area contributed by atoms with Crippen LogP contribution in [0.5, 0.6) is 0 Å². The van der Waals surface area contributed by atoms with Gasteiger partial charge in [0.2, 0.25) is 0 Å². The van der Waals surface area contributed by atoms with E-state index in [1.54, 1.807) is 4.88 Å². The van der Waals surface area contributed by atoms with Crippen molar-refractivity contribution < 1.29 is 0 Å². The largest absolute Gasteiger partial charge is 0.310 e. The van der Waals surface area contributed by atoms with E-state index in [-0.39, 0.29) is 0 Å². The first-order valence-corrected chi connectivity index (χ1v) is 8.18. The summed E-state index contributed by atoms with van der Waals surface area (Å²) in [5.74, 6) is 1.63. The van der Waals surface area contributed by atoms with Crippen molar-refractivity contribution in [1.82, 2.24) is 10.3 Å². The number of fused-ring (bicyclic) bond motifs is 1. The molecule has 0 radical (unpaired) electrons. The van der Waals surface area contributed by atoms with Gasteiger partial charge in [-0.15, -0.1) is 11.3 Å². The van der Waals surface area contributed by atoms with E-state index >= 15 is 0 Å². The molecule has 1 N–H and O–H groups in total. The van der Waals surface area contributed by atoms with Crippen LogP contribution in [0.4, 0.5) is 0 Å². The fourth-order valence-electron chi connectivity index (χ4n) is 2.69. The third kappa shape index (κ3) is 3.79. The number of nitrogens with zero attached hydrogens (tertiary/aromatic N) is 1. The molecule has 1 unspecified atom stereocenters. The molecule has 2 rings (SSSR count). The summed E-state index contributed by atoms with van der Waals surface area (Å²) in [4.78, 5) is 6.37. The molecule has 0 saturated heterocycles. The van der Waals surface area contributed by atoms with Gasteiger partial charge in [-0.05, 0) is 37.6 Å². The lowest BCUT2D eigenvalue weighted by atomic mass is 9.88. The molecule has 0 fully saturated rings. The number of thiazole rings is 1. The maximum absolute atomic E-state index is 4.80. The Bertz CT molecular complexity index is 371. The molecule has 2 nitrogen and oxygen atoms in total. The molecule has 1 aromatic heterocycles. The SMILES string of the molecule is CCCC1CCc2nc(CNCC(C)C)sc2C1. The number of aromatic nitrogens is 1. The van der Waals surface area contributed by atoms with Gasteiger partial charge in [0.25, 0.3) is 0 Å². The van der Waals surface area contributed by atoms with Gasteiger partial charge in [-0.3, -0.25) is 0 Å². The molecule has 1 atom stereocenters. The van der Waals surface area contributed by atoms with Crippen molar-refractivity contribution in [2.75, 3.05) is 6.54 Å². The topological polar surface area (TPSA) is 24.9 Å². The van der Waals surface area contributed by atoms with Crippen LogP contribution < -0.4 is 5.32 Å². The predicted octanol–water partition coefficient (Wildman–Crippen LogP) is 3.79. The summed E-state index contributed by atoms with van der Waals surface area (Å²) in [6.45, 7) is 8.82. The van der Waals surface area contributed by atoms with E-state index in [0.29, 0.717) is 5.92 Å². The highest BCUT2D eigenvalue weighted by molar-refractivity contribution is 7.11. The van der Waals surface area contributed by atoms with E-state index in [4.69, 9.17) is 4.98 Å². The van der Waals surface area contributed by atoms with Gasteiger partial charge >= 0.3 is 0 Å². The molecule has 3 heteroatoms. The highest BCUT2D eigenvalue weighted by Crippen LogP contribution is 2.32. The molecule has 0 bridgehead atoms. The van der Waals surface area contributed by atoms with Gasteiger partial charge in [0.05, 0.1) is 5.69 Å². The summed E-state index contributed by atoms with van der Waals surface area (Å²) in [6, 6.07) is 0. The Morgan fingerprint density at radius 3 is 3.00 bits per heavy atom. The minimum absolute atomic E-state index is 0.716. The number of aryl methyl sites for hydroxylation is 1. The molecule has 0 spiro atoms. The maximum atomic E-state index is 4.80. The van der Waals surface area contributed by atoms with E-state index in [2.05, 4.69) is 26.1 Å². The molecule has 1 aliphatic carbocycles.